The second-order valence-electron chi connectivity index (χ2n) is 5.80. The summed E-state index contributed by atoms with van der Waals surface area (Å²) in [4.78, 5) is 8.42. The van der Waals surface area contributed by atoms with Crippen LogP contribution in [0.5, 0.6) is 17.2 Å². The fourth-order valence-electron chi connectivity index (χ4n) is 2.71. The largest absolute Gasteiger partial charge is 0.493 e. The van der Waals surface area contributed by atoms with Crippen molar-refractivity contribution in [1.82, 2.24) is 9.97 Å². The van der Waals surface area contributed by atoms with Crippen LogP contribution in [0, 0.1) is 11.6 Å². The van der Waals surface area contributed by atoms with Crippen LogP contribution in [-0.4, -0.2) is 31.3 Å². The van der Waals surface area contributed by atoms with Gasteiger partial charge in [0.1, 0.15) is 17.5 Å². The lowest BCUT2D eigenvalue weighted by Gasteiger charge is -2.14. The Morgan fingerprint density at radius 3 is 2.25 bits per heavy atom. The lowest BCUT2D eigenvalue weighted by Crippen LogP contribution is -2.04. The SMILES string of the molecule is COc1cc(CNc2cncc(-c3ccc(F)cc3F)n2)cc(OC)c1OC. The van der Waals surface area contributed by atoms with Crippen LogP contribution >= 0.6 is 0 Å². The Kier molecular flexibility index (Phi) is 5.88. The summed E-state index contributed by atoms with van der Waals surface area (Å²) in [5, 5.41) is 3.12. The Bertz CT molecular complexity index is 958. The van der Waals surface area contributed by atoms with Crippen LogP contribution in [0.1, 0.15) is 5.56 Å². The quantitative estimate of drug-likeness (QED) is 0.660. The van der Waals surface area contributed by atoms with E-state index in [0.717, 1.165) is 11.6 Å². The first-order chi connectivity index (χ1) is 13.5. The van der Waals surface area contributed by atoms with Gasteiger partial charge in [-0.3, -0.25) is 4.98 Å². The van der Waals surface area contributed by atoms with E-state index < -0.39 is 11.6 Å². The summed E-state index contributed by atoms with van der Waals surface area (Å²) in [6.07, 6.45) is 2.93. The summed E-state index contributed by atoms with van der Waals surface area (Å²) >= 11 is 0. The summed E-state index contributed by atoms with van der Waals surface area (Å²) in [6, 6.07) is 6.94. The maximum atomic E-state index is 14.0. The van der Waals surface area contributed by atoms with Crippen LogP contribution < -0.4 is 19.5 Å². The maximum Gasteiger partial charge on any atom is 0.203 e. The number of anilines is 1. The van der Waals surface area contributed by atoms with E-state index in [1.807, 2.05) is 12.1 Å². The Morgan fingerprint density at radius 1 is 0.929 bits per heavy atom. The molecule has 3 aromatic rings. The van der Waals surface area contributed by atoms with Crippen LogP contribution in [0.15, 0.2) is 42.7 Å². The van der Waals surface area contributed by atoms with E-state index in [9.17, 15) is 8.78 Å². The fraction of sp³-hybridized carbons (Fsp3) is 0.200. The fourth-order valence-corrected chi connectivity index (χ4v) is 2.71. The number of nitrogens with one attached hydrogen (secondary N) is 1. The van der Waals surface area contributed by atoms with E-state index in [1.165, 1.54) is 31.6 Å². The molecule has 0 unspecified atom stereocenters. The lowest BCUT2D eigenvalue weighted by molar-refractivity contribution is 0.324. The zero-order valence-electron chi connectivity index (χ0n) is 15.6. The molecule has 28 heavy (non-hydrogen) atoms. The lowest BCUT2D eigenvalue weighted by atomic mass is 10.1. The molecular weight excluding hydrogens is 368 g/mol. The summed E-state index contributed by atoms with van der Waals surface area (Å²) < 4.78 is 43.1. The van der Waals surface area contributed by atoms with E-state index in [2.05, 4.69) is 15.3 Å². The maximum absolute atomic E-state index is 14.0. The average molecular weight is 387 g/mol. The zero-order valence-corrected chi connectivity index (χ0v) is 15.6. The Labute approximate surface area is 161 Å². The van der Waals surface area contributed by atoms with Gasteiger partial charge in [0.25, 0.3) is 0 Å². The molecule has 0 radical (unpaired) electrons. The van der Waals surface area contributed by atoms with Crippen molar-refractivity contribution in [3.8, 4) is 28.5 Å². The molecule has 2 aromatic carbocycles. The third-order valence-corrected chi connectivity index (χ3v) is 4.04. The molecule has 0 saturated carbocycles. The van der Waals surface area contributed by atoms with Crippen LogP contribution in [-0.2, 0) is 6.54 Å². The molecule has 0 aliphatic rings. The van der Waals surface area contributed by atoms with E-state index in [1.54, 1.807) is 14.2 Å². The van der Waals surface area contributed by atoms with Gasteiger partial charge in [-0.05, 0) is 29.8 Å². The van der Waals surface area contributed by atoms with Crippen molar-refractivity contribution in [1.29, 1.82) is 0 Å². The minimum Gasteiger partial charge on any atom is -0.493 e. The van der Waals surface area contributed by atoms with Gasteiger partial charge in [0.15, 0.2) is 11.5 Å². The second kappa shape index (κ2) is 8.51. The molecule has 0 spiro atoms. The molecule has 3 rings (SSSR count). The molecular formula is C20H19F2N3O3. The van der Waals surface area contributed by atoms with E-state index >= 15 is 0 Å². The second-order valence-corrected chi connectivity index (χ2v) is 5.80. The van der Waals surface area contributed by atoms with Crippen molar-refractivity contribution in [2.24, 2.45) is 0 Å². The van der Waals surface area contributed by atoms with Crippen LogP contribution in [0.2, 0.25) is 0 Å². The summed E-state index contributed by atoms with van der Waals surface area (Å²) in [5.41, 5.74) is 1.33. The Balaban J connectivity index is 1.82. The van der Waals surface area contributed by atoms with Crippen LogP contribution in [0.3, 0.4) is 0 Å². The number of aromatic nitrogens is 2. The van der Waals surface area contributed by atoms with Crippen molar-refractivity contribution in [3.05, 3.63) is 59.9 Å². The highest BCUT2D eigenvalue weighted by atomic mass is 19.1. The third kappa shape index (κ3) is 4.11. The number of nitrogens with zero attached hydrogens (tertiary/aromatic N) is 2. The number of hydrogen-bond donors (Lipinski definition) is 1. The molecule has 1 heterocycles. The first-order valence-electron chi connectivity index (χ1n) is 8.36. The topological polar surface area (TPSA) is 65.5 Å². The molecule has 0 saturated heterocycles. The van der Waals surface area contributed by atoms with Gasteiger partial charge in [-0.1, -0.05) is 0 Å². The highest BCUT2D eigenvalue weighted by Gasteiger charge is 2.13. The monoisotopic (exact) mass is 387 g/mol. The van der Waals surface area contributed by atoms with Gasteiger partial charge in [0, 0.05) is 18.2 Å². The molecule has 0 aliphatic heterocycles. The van der Waals surface area contributed by atoms with E-state index in [0.29, 0.717) is 35.3 Å². The number of methoxy groups -OCH3 is 3. The van der Waals surface area contributed by atoms with Gasteiger partial charge in [0.2, 0.25) is 5.75 Å². The van der Waals surface area contributed by atoms with Gasteiger partial charge in [-0.15, -0.1) is 0 Å². The number of rotatable bonds is 7. The molecule has 1 N–H and O–H groups in total. The predicted molar refractivity (Wildman–Crippen MR) is 101 cm³/mol. The smallest absolute Gasteiger partial charge is 0.203 e. The van der Waals surface area contributed by atoms with Crippen LogP contribution in [0.25, 0.3) is 11.3 Å². The van der Waals surface area contributed by atoms with Gasteiger partial charge in [-0.25, -0.2) is 13.8 Å². The number of ether oxygens (including phenoxy) is 3. The molecule has 0 atom stereocenters. The standard InChI is InChI=1S/C20H19F2N3O3/c1-26-17-6-12(7-18(27-2)20(17)28-3)9-24-19-11-23-10-16(25-19)14-5-4-13(21)8-15(14)22/h4-8,10-11H,9H2,1-3H3,(H,24,25). The summed E-state index contributed by atoms with van der Waals surface area (Å²) in [7, 11) is 4.62. The molecule has 0 fully saturated rings. The summed E-state index contributed by atoms with van der Waals surface area (Å²) in [5.74, 6) is 0.665. The third-order valence-electron chi connectivity index (χ3n) is 4.04. The van der Waals surface area contributed by atoms with Crippen molar-refractivity contribution in [2.45, 2.75) is 6.54 Å². The highest BCUT2D eigenvalue weighted by Crippen LogP contribution is 2.38. The molecule has 0 aliphatic carbocycles. The normalized spacial score (nSPS) is 10.5. The van der Waals surface area contributed by atoms with Crippen molar-refractivity contribution >= 4 is 5.82 Å². The van der Waals surface area contributed by atoms with Gasteiger partial charge >= 0.3 is 0 Å². The van der Waals surface area contributed by atoms with Crippen molar-refractivity contribution < 1.29 is 23.0 Å². The number of halogens is 2. The molecule has 0 amide bonds. The Morgan fingerprint density at radius 2 is 1.64 bits per heavy atom. The minimum atomic E-state index is -0.698. The Hall–Kier alpha value is -3.42. The van der Waals surface area contributed by atoms with E-state index in [-0.39, 0.29) is 5.56 Å². The van der Waals surface area contributed by atoms with Crippen molar-refractivity contribution in [2.75, 3.05) is 26.6 Å². The van der Waals surface area contributed by atoms with Crippen molar-refractivity contribution in [3.63, 3.8) is 0 Å². The minimum absolute atomic E-state index is 0.172. The average Bonchev–Trinajstić information content (AvgIpc) is 2.71. The number of benzene rings is 2. The van der Waals surface area contributed by atoms with Gasteiger partial charge in [0.05, 0.1) is 39.4 Å². The molecule has 8 heteroatoms. The molecule has 0 bridgehead atoms. The molecule has 1 aromatic heterocycles. The summed E-state index contributed by atoms with van der Waals surface area (Å²) in [6.45, 7) is 0.390. The number of hydrogen-bond acceptors (Lipinski definition) is 6. The van der Waals surface area contributed by atoms with Gasteiger partial charge in [-0.2, -0.15) is 0 Å². The molecule has 6 nitrogen and oxygen atoms in total. The first-order valence-corrected chi connectivity index (χ1v) is 8.36. The van der Waals surface area contributed by atoms with E-state index in [4.69, 9.17) is 14.2 Å². The predicted octanol–water partition coefficient (Wildman–Crippen LogP) is 4.06. The highest BCUT2D eigenvalue weighted by molar-refractivity contribution is 5.61. The first kappa shape index (κ1) is 19.3. The van der Waals surface area contributed by atoms with Gasteiger partial charge < -0.3 is 19.5 Å². The molecule has 146 valence electrons. The van der Waals surface area contributed by atoms with Crippen LogP contribution in [0.4, 0.5) is 14.6 Å². The zero-order chi connectivity index (χ0) is 20.1.